The van der Waals surface area contributed by atoms with Crippen molar-refractivity contribution in [1.82, 2.24) is 5.32 Å². The average Bonchev–Trinajstić information content (AvgIpc) is 2.92. The highest BCUT2D eigenvalue weighted by Crippen LogP contribution is 2.11. The van der Waals surface area contributed by atoms with Gasteiger partial charge < -0.3 is 20.6 Å². The SMILES string of the molecule is CC/C=C/CC/C=C/CC/C=C/C(O)C(CO)NC(=O)CC(O)CCCCC/C=C\CCCCCCCCC. The van der Waals surface area contributed by atoms with Crippen LogP contribution < -0.4 is 5.32 Å². The highest BCUT2D eigenvalue weighted by molar-refractivity contribution is 5.76. The molecule has 0 saturated heterocycles. The Morgan fingerprint density at radius 2 is 1.18 bits per heavy atom. The molecule has 0 saturated carbocycles. The van der Waals surface area contributed by atoms with Gasteiger partial charge in [0.2, 0.25) is 5.91 Å². The summed E-state index contributed by atoms with van der Waals surface area (Å²) in [6.45, 7) is 4.03. The predicted octanol–water partition coefficient (Wildman–Crippen LogP) is 7.86. The Hall–Kier alpha value is -1.69. The first kappa shape index (κ1) is 37.3. The second-order valence-corrected chi connectivity index (χ2v) is 10.7. The van der Waals surface area contributed by atoms with Gasteiger partial charge in [0, 0.05) is 0 Å². The van der Waals surface area contributed by atoms with E-state index < -0.39 is 18.2 Å². The Morgan fingerprint density at radius 3 is 1.77 bits per heavy atom. The van der Waals surface area contributed by atoms with Gasteiger partial charge in [-0.2, -0.15) is 0 Å². The van der Waals surface area contributed by atoms with Crippen molar-refractivity contribution in [2.24, 2.45) is 0 Å². The predicted molar refractivity (Wildman–Crippen MR) is 167 cm³/mol. The van der Waals surface area contributed by atoms with E-state index in [4.69, 9.17) is 0 Å². The smallest absolute Gasteiger partial charge is 0.222 e. The Bertz CT molecular complexity index is 656. The molecule has 39 heavy (non-hydrogen) atoms. The lowest BCUT2D eigenvalue weighted by Gasteiger charge is -2.20. The number of allylic oxidation sites excluding steroid dienone is 7. The molecule has 0 aromatic rings. The molecule has 0 aromatic heterocycles. The summed E-state index contributed by atoms with van der Waals surface area (Å²) in [4.78, 5) is 12.3. The van der Waals surface area contributed by atoms with E-state index in [0.717, 1.165) is 57.8 Å². The van der Waals surface area contributed by atoms with E-state index >= 15 is 0 Å². The Morgan fingerprint density at radius 1 is 0.667 bits per heavy atom. The van der Waals surface area contributed by atoms with Crippen LogP contribution in [0.2, 0.25) is 0 Å². The van der Waals surface area contributed by atoms with Crippen LogP contribution in [0.25, 0.3) is 0 Å². The highest BCUT2D eigenvalue weighted by Gasteiger charge is 2.19. The van der Waals surface area contributed by atoms with Crippen LogP contribution in [0.4, 0.5) is 0 Å². The largest absolute Gasteiger partial charge is 0.394 e. The number of hydrogen-bond acceptors (Lipinski definition) is 4. The Kier molecular flexibility index (Phi) is 28.0. The molecular weight excluding hydrogens is 486 g/mol. The van der Waals surface area contributed by atoms with Gasteiger partial charge in [-0.15, -0.1) is 0 Å². The number of nitrogens with one attached hydrogen (secondary N) is 1. The second kappa shape index (κ2) is 29.3. The molecule has 1 amide bonds. The molecule has 4 N–H and O–H groups in total. The molecule has 0 bridgehead atoms. The monoisotopic (exact) mass is 547 g/mol. The van der Waals surface area contributed by atoms with E-state index in [0.29, 0.717) is 6.42 Å². The van der Waals surface area contributed by atoms with Gasteiger partial charge >= 0.3 is 0 Å². The fourth-order valence-corrected chi connectivity index (χ4v) is 4.37. The van der Waals surface area contributed by atoms with Crippen molar-refractivity contribution in [1.29, 1.82) is 0 Å². The Labute approximate surface area is 240 Å². The molecule has 0 aliphatic rings. The first-order valence-corrected chi connectivity index (χ1v) is 15.9. The minimum Gasteiger partial charge on any atom is -0.394 e. The third-order valence-corrected chi connectivity index (χ3v) is 6.83. The Balaban J connectivity index is 3.87. The van der Waals surface area contributed by atoms with Gasteiger partial charge in [-0.25, -0.2) is 0 Å². The second-order valence-electron chi connectivity index (χ2n) is 10.7. The standard InChI is InChI=1S/C34H61NO4/c1-3-5-7-9-11-13-15-16-17-18-19-21-23-25-27-31(37)29-34(39)35-32(30-36)33(38)28-26-24-22-20-14-12-10-8-6-4-2/h6,8,14,17-18,20,26,28,31-33,36-38H,3-5,7,9-13,15-16,19,21-25,27,29-30H2,1-2H3,(H,35,39)/b8-6+,18-17-,20-14+,28-26+. The van der Waals surface area contributed by atoms with E-state index in [-0.39, 0.29) is 18.9 Å². The third-order valence-electron chi connectivity index (χ3n) is 6.83. The van der Waals surface area contributed by atoms with Crippen LogP contribution in [0.5, 0.6) is 0 Å². The van der Waals surface area contributed by atoms with Crippen molar-refractivity contribution in [2.45, 2.75) is 154 Å². The first-order valence-electron chi connectivity index (χ1n) is 15.9. The van der Waals surface area contributed by atoms with Crippen LogP contribution in [0.3, 0.4) is 0 Å². The summed E-state index contributed by atoms with van der Waals surface area (Å²) in [7, 11) is 0. The fraction of sp³-hybridized carbons (Fsp3) is 0.735. The molecule has 0 fully saturated rings. The van der Waals surface area contributed by atoms with Crippen molar-refractivity contribution < 1.29 is 20.1 Å². The van der Waals surface area contributed by atoms with Crippen LogP contribution in [-0.2, 0) is 4.79 Å². The van der Waals surface area contributed by atoms with E-state index in [1.54, 1.807) is 6.08 Å². The van der Waals surface area contributed by atoms with Gasteiger partial charge in [-0.1, -0.05) is 114 Å². The minimum absolute atomic E-state index is 0.0104. The van der Waals surface area contributed by atoms with Crippen LogP contribution in [-0.4, -0.2) is 46.1 Å². The van der Waals surface area contributed by atoms with Gasteiger partial charge in [0.15, 0.2) is 0 Å². The van der Waals surface area contributed by atoms with Crippen LogP contribution in [0.1, 0.15) is 136 Å². The normalized spacial score (nSPS) is 14.7. The summed E-state index contributed by atoms with van der Waals surface area (Å²) in [5.41, 5.74) is 0. The number of hydrogen-bond donors (Lipinski definition) is 4. The summed E-state index contributed by atoms with van der Waals surface area (Å²) >= 11 is 0. The maximum Gasteiger partial charge on any atom is 0.222 e. The summed E-state index contributed by atoms with van der Waals surface area (Å²) in [5, 5.41) is 32.8. The number of carbonyl (C=O) groups is 1. The topological polar surface area (TPSA) is 89.8 Å². The lowest BCUT2D eigenvalue weighted by Crippen LogP contribution is -2.45. The molecule has 0 rings (SSSR count). The van der Waals surface area contributed by atoms with Crippen molar-refractivity contribution in [2.75, 3.05) is 6.61 Å². The number of carbonyl (C=O) groups excluding carboxylic acids is 1. The molecule has 0 heterocycles. The van der Waals surface area contributed by atoms with Crippen molar-refractivity contribution in [3.8, 4) is 0 Å². The number of aliphatic hydroxyl groups excluding tert-OH is 3. The molecule has 5 nitrogen and oxygen atoms in total. The quantitative estimate of drug-likeness (QED) is 0.0622. The molecule has 0 aromatic carbocycles. The van der Waals surface area contributed by atoms with Crippen molar-refractivity contribution in [3.05, 3.63) is 48.6 Å². The van der Waals surface area contributed by atoms with Gasteiger partial charge in [0.05, 0.1) is 31.3 Å². The number of amides is 1. The molecular formula is C34H61NO4. The van der Waals surface area contributed by atoms with Gasteiger partial charge in [-0.05, 0) is 64.2 Å². The molecule has 3 atom stereocenters. The van der Waals surface area contributed by atoms with E-state index in [1.165, 1.54) is 51.4 Å². The maximum atomic E-state index is 12.3. The fourth-order valence-electron chi connectivity index (χ4n) is 4.37. The number of rotatable bonds is 27. The average molecular weight is 548 g/mol. The third kappa shape index (κ3) is 26.3. The molecule has 226 valence electrons. The molecule has 3 unspecified atom stereocenters. The summed E-state index contributed by atoms with van der Waals surface area (Å²) in [6.07, 6.45) is 35.2. The molecule has 0 radical (unpaired) electrons. The molecule has 0 aliphatic heterocycles. The maximum absolute atomic E-state index is 12.3. The van der Waals surface area contributed by atoms with E-state index in [9.17, 15) is 20.1 Å². The van der Waals surface area contributed by atoms with Crippen molar-refractivity contribution in [3.63, 3.8) is 0 Å². The van der Waals surface area contributed by atoms with Crippen LogP contribution >= 0.6 is 0 Å². The number of unbranched alkanes of at least 4 members (excludes halogenated alkanes) is 12. The van der Waals surface area contributed by atoms with Gasteiger partial charge in [-0.3, -0.25) is 4.79 Å². The van der Waals surface area contributed by atoms with Crippen LogP contribution in [0.15, 0.2) is 48.6 Å². The molecule has 0 spiro atoms. The first-order chi connectivity index (χ1) is 19.0. The van der Waals surface area contributed by atoms with Crippen molar-refractivity contribution >= 4 is 5.91 Å². The lowest BCUT2D eigenvalue weighted by atomic mass is 10.1. The number of aliphatic hydroxyl groups is 3. The zero-order valence-electron chi connectivity index (χ0n) is 25.2. The summed E-state index contributed by atoms with van der Waals surface area (Å²) < 4.78 is 0. The van der Waals surface area contributed by atoms with Crippen LogP contribution in [0, 0.1) is 0 Å². The zero-order valence-corrected chi connectivity index (χ0v) is 25.2. The molecule has 5 heteroatoms. The van der Waals surface area contributed by atoms with Gasteiger partial charge in [0.1, 0.15) is 0 Å². The van der Waals surface area contributed by atoms with E-state index in [2.05, 4.69) is 55.6 Å². The molecule has 0 aliphatic carbocycles. The lowest BCUT2D eigenvalue weighted by molar-refractivity contribution is -0.124. The summed E-state index contributed by atoms with van der Waals surface area (Å²) in [5.74, 6) is -0.345. The summed E-state index contributed by atoms with van der Waals surface area (Å²) in [6, 6.07) is -0.769. The van der Waals surface area contributed by atoms with Gasteiger partial charge in [0.25, 0.3) is 0 Å². The minimum atomic E-state index is -0.960. The zero-order chi connectivity index (χ0) is 28.8. The van der Waals surface area contributed by atoms with E-state index in [1.807, 2.05) is 6.08 Å². The highest BCUT2D eigenvalue weighted by atomic mass is 16.3.